The molecule has 0 aromatic carbocycles. The number of alkyl halides is 3. The van der Waals surface area contributed by atoms with Crippen LogP contribution in [0.15, 0.2) is 18.6 Å². The maximum Gasteiger partial charge on any atom is 0.433 e. The summed E-state index contributed by atoms with van der Waals surface area (Å²) in [5, 5.41) is 11.0. The summed E-state index contributed by atoms with van der Waals surface area (Å²) in [4.78, 5) is 9.29. The molecule has 0 radical (unpaired) electrons. The molecular formula is C13H16F3N7. The van der Waals surface area contributed by atoms with Crippen LogP contribution in [0.2, 0.25) is 0 Å². The number of rotatable bonds is 4. The van der Waals surface area contributed by atoms with Gasteiger partial charge in [-0.25, -0.2) is 9.97 Å². The Labute approximate surface area is 130 Å². The number of nitrogens with zero attached hydrogens (tertiary/aromatic N) is 6. The lowest BCUT2D eigenvalue weighted by Crippen LogP contribution is -2.26. The summed E-state index contributed by atoms with van der Waals surface area (Å²) in [7, 11) is 1.80. The van der Waals surface area contributed by atoms with Crippen molar-refractivity contribution in [3.05, 3.63) is 30.0 Å². The Morgan fingerprint density at radius 2 is 2.17 bits per heavy atom. The zero-order chi connectivity index (χ0) is 16.4. The summed E-state index contributed by atoms with van der Waals surface area (Å²) in [6.07, 6.45) is -0.864. The Morgan fingerprint density at radius 1 is 1.35 bits per heavy atom. The third kappa shape index (κ3) is 3.95. The van der Waals surface area contributed by atoms with Gasteiger partial charge in [0.15, 0.2) is 0 Å². The molecule has 1 aliphatic heterocycles. The quantitative estimate of drug-likeness (QED) is 0.913. The van der Waals surface area contributed by atoms with Crippen molar-refractivity contribution in [3.63, 3.8) is 0 Å². The SMILES string of the molecule is Cn1cc(CN2CCC(Nc3cc(C(F)(F)F)ncn3)C2)nn1. The first-order valence-corrected chi connectivity index (χ1v) is 7.13. The lowest BCUT2D eigenvalue weighted by atomic mass is 10.2. The van der Waals surface area contributed by atoms with E-state index in [4.69, 9.17) is 0 Å². The van der Waals surface area contributed by atoms with Gasteiger partial charge in [-0.15, -0.1) is 5.10 Å². The maximum atomic E-state index is 12.6. The highest BCUT2D eigenvalue weighted by molar-refractivity contribution is 5.37. The summed E-state index contributed by atoms with van der Waals surface area (Å²) in [5.74, 6) is 0.193. The van der Waals surface area contributed by atoms with Gasteiger partial charge in [-0.05, 0) is 6.42 Å². The molecule has 1 saturated heterocycles. The van der Waals surface area contributed by atoms with E-state index in [-0.39, 0.29) is 11.9 Å². The lowest BCUT2D eigenvalue weighted by molar-refractivity contribution is -0.141. The van der Waals surface area contributed by atoms with E-state index in [0.29, 0.717) is 13.1 Å². The average Bonchev–Trinajstić information content (AvgIpc) is 3.08. The first-order valence-electron chi connectivity index (χ1n) is 7.13. The van der Waals surface area contributed by atoms with Crippen molar-refractivity contribution in [1.82, 2.24) is 29.9 Å². The predicted octanol–water partition coefficient (Wildman–Crippen LogP) is 1.31. The molecule has 1 atom stereocenters. The van der Waals surface area contributed by atoms with Gasteiger partial charge in [-0.2, -0.15) is 13.2 Å². The van der Waals surface area contributed by atoms with Gasteiger partial charge in [0.2, 0.25) is 0 Å². The number of hydrogen-bond donors (Lipinski definition) is 1. The molecule has 1 aliphatic rings. The van der Waals surface area contributed by atoms with Crippen LogP contribution in [-0.2, 0) is 19.8 Å². The van der Waals surface area contributed by atoms with E-state index in [1.54, 1.807) is 11.7 Å². The summed E-state index contributed by atoms with van der Waals surface area (Å²) in [6.45, 7) is 2.22. The van der Waals surface area contributed by atoms with E-state index in [2.05, 4.69) is 30.5 Å². The molecule has 0 aliphatic carbocycles. The lowest BCUT2D eigenvalue weighted by Gasteiger charge is -2.16. The highest BCUT2D eigenvalue weighted by Gasteiger charge is 2.33. The van der Waals surface area contributed by atoms with Gasteiger partial charge in [0.25, 0.3) is 0 Å². The van der Waals surface area contributed by atoms with Gasteiger partial charge in [0.1, 0.15) is 17.8 Å². The third-order valence-corrected chi connectivity index (χ3v) is 3.62. The van der Waals surface area contributed by atoms with Crippen molar-refractivity contribution in [1.29, 1.82) is 0 Å². The Hall–Kier alpha value is -2.23. The fourth-order valence-corrected chi connectivity index (χ4v) is 2.59. The van der Waals surface area contributed by atoms with Gasteiger partial charge in [0, 0.05) is 45.0 Å². The van der Waals surface area contributed by atoms with Crippen molar-refractivity contribution in [2.45, 2.75) is 25.2 Å². The molecule has 3 rings (SSSR count). The number of aromatic nitrogens is 5. The van der Waals surface area contributed by atoms with E-state index < -0.39 is 11.9 Å². The minimum atomic E-state index is -4.47. The molecule has 2 aromatic rings. The molecule has 0 saturated carbocycles. The van der Waals surface area contributed by atoms with Crippen molar-refractivity contribution in [2.75, 3.05) is 18.4 Å². The number of halogens is 3. The molecule has 2 aromatic heterocycles. The highest BCUT2D eigenvalue weighted by Crippen LogP contribution is 2.28. The number of likely N-dealkylation sites (tertiary alicyclic amines) is 1. The van der Waals surface area contributed by atoms with Crippen LogP contribution in [0.1, 0.15) is 17.8 Å². The molecule has 7 nitrogen and oxygen atoms in total. The van der Waals surface area contributed by atoms with Gasteiger partial charge < -0.3 is 5.32 Å². The van der Waals surface area contributed by atoms with Gasteiger partial charge >= 0.3 is 6.18 Å². The van der Waals surface area contributed by atoms with Gasteiger partial charge in [0.05, 0.1) is 5.69 Å². The van der Waals surface area contributed by atoms with Crippen LogP contribution in [0.3, 0.4) is 0 Å². The van der Waals surface area contributed by atoms with Gasteiger partial charge in [-0.3, -0.25) is 9.58 Å². The summed E-state index contributed by atoms with van der Waals surface area (Å²) in [6, 6.07) is 0.980. The molecule has 1 fully saturated rings. The fourth-order valence-electron chi connectivity index (χ4n) is 2.59. The van der Waals surface area contributed by atoms with E-state index in [1.807, 2.05) is 6.20 Å². The topological polar surface area (TPSA) is 71.8 Å². The molecule has 0 amide bonds. The van der Waals surface area contributed by atoms with Crippen molar-refractivity contribution >= 4 is 5.82 Å². The average molecular weight is 327 g/mol. The molecule has 23 heavy (non-hydrogen) atoms. The Bertz CT molecular complexity index is 670. The van der Waals surface area contributed by atoms with Crippen molar-refractivity contribution < 1.29 is 13.2 Å². The standard InChI is InChI=1S/C13H16F3N7/c1-22-5-10(20-21-22)7-23-3-2-9(6-23)19-12-4-11(13(14,15)16)17-8-18-12/h4-5,8-9H,2-3,6-7H2,1H3,(H,17,18,19). The van der Waals surface area contributed by atoms with Crippen LogP contribution < -0.4 is 5.32 Å². The zero-order valence-corrected chi connectivity index (χ0v) is 12.5. The fraction of sp³-hybridized carbons (Fsp3) is 0.538. The monoisotopic (exact) mass is 327 g/mol. The van der Waals surface area contributed by atoms with Crippen LogP contribution >= 0.6 is 0 Å². The molecule has 1 N–H and O–H groups in total. The first kappa shape index (κ1) is 15.7. The van der Waals surface area contributed by atoms with E-state index in [1.165, 1.54) is 0 Å². The minimum absolute atomic E-state index is 0.0441. The van der Waals surface area contributed by atoms with Crippen LogP contribution in [-0.4, -0.2) is 49.0 Å². The largest absolute Gasteiger partial charge is 0.433 e. The molecule has 124 valence electrons. The zero-order valence-electron chi connectivity index (χ0n) is 12.5. The Balaban J connectivity index is 1.57. The third-order valence-electron chi connectivity index (χ3n) is 3.62. The number of nitrogens with one attached hydrogen (secondary N) is 1. The molecule has 3 heterocycles. The summed E-state index contributed by atoms with van der Waals surface area (Å²) >= 11 is 0. The Morgan fingerprint density at radius 3 is 2.87 bits per heavy atom. The smallest absolute Gasteiger partial charge is 0.366 e. The Kier molecular flexibility index (Phi) is 4.16. The second kappa shape index (κ2) is 6.11. The van der Waals surface area contributed by atoms with E-state index in [9.17, 15) is 13.2 Å². The molecule has 10 heteroatoms. The molecule has 1 unspecified atom stereocenters. The number of aryl methyl sites for hydroxylation is 1. The predicted molar refractivity (Wildman–Crippen MR) is 75.3 cm³/mol. The number of anilines is 1. The maximum absolute atomic E-state index is 12.6. The second-order valence-electron chi connectivity index (χ2n) is 5.53. The van der Waals surface area contributed by atoms with Crippen molar-refractivity contribution in [2.24, 2.45) is 7.05 Å². The summed E-state index contributed by atoms with van der Waals surface area (Å²) in [5.41, 5.74) is -0.0704. The normalized spacial score (nSPS) is 19.2. The summed E-state index contributed by atoms with van der Waals surface area (Å²) < 4.78 is 39.6. The van der Waals surface area contributed by atoms with E-state index in [0.717, 1.165) is 31.1 Å². The molecule has 0 spiro atoms. The number of hydrogen-bond acceptors (Lipinski definition) is 6. The van der Waals surface area contributed by atoms with Crippen LogP contribution in [0, 0.1) is 0 Å². The first-order chi connectivity index (χ1) is 10.9. The van der Waals surface area contributed by atoms with Crippen LogP contribution in [0.4, 0.5) is 19.0 Å². The minimum Gasteiger partial charge on any atom is -0.366 e. The highest BCUT2D eigenvalue weighted by atomic mass is 19.4. The van der Waals surface area contributed by atoms with E-state index >= 15 is 0 Å². The molecular weight excluding hydrogens is 311 g/mol. The van der Waals surface area contributed by atoms with Crippen LogP contribution in [0.25, 0.3) is 0 Å². The second-order valence-corrected chi connectivity index (χ2v) is 5.53. The van der Waals surface area contributed by atoms with Gasteiger partial charge in [-0.1, -0.05) is 5.21 Å². The van der Waals surface area contributed by atoms with Crippen LogP contribution in [0.5, 0.6) is 0 Å². The molecule has 0 bridgehead atoms. The van der Waals surface area contributed by atoms with Crippen molar-refractivity contribution in [3.8, 4) is 0 Å².